The number of rotatable bonds is 7. The highest BCUT2D eigenvalue weighted by molar-refractivity contribution is 5.74. The largest absolute Gasteiger partial charge is 0.481 e. The Bertz CT molecular complexity index is 310. The molecule has 0 saturated carbocycles. The van der Waals surface area contributed by atoms with Crippen LogP contribution in [0.5, 0.6) is 0 Å². The van der Waals surface area contributed by atoms with Gasteiger partial charge in [-0.15, -0.1) is 0 Å². The van der Waals surface area contributed by atoms with E-state index in [1.807, 2.05) is 0 Å². The van der Waals surface area contributed by atoms with Gasteiger partial charge >= 0.3 is 5.97 Å². The summed E-state index contributed by atoms with van der Waals surface area (Å²) in [6.45, 7) is 7.25. The smallest absolute Gasteiger partial charge is 0.306 e. The van der Waals surface area contributed by atoms with Gasteiger partial charge in [0.1, 0.15) is 0 Å². The van der Waals surface area contributed by atoms with Crippen molar-refractivity contribution in [2.24, 2.45) is 11.7 Å². The molecule has 0 bridgehead atoms. The minimum absolute atomic E-state index is 0.00208. The number of carbonyl (C=O) groups excluding carboxylic acids is 1. The Morgan fingerprint density at radius 3 is 2.21 bits per heavy atom. The first-order valence-corrected chi connectivity index (χ1v) is 6.98. The zero-order valence-corrected chi connectivity index (χ0v) is 11.8. The highest BCUT2D eigenvalue weighted by atomic mass is 16.4. The first-order chi connectivity index (χ1) is 8.99. The van der Waals surface area contributed by atoms with Crippen LogP contribution in [0.15, 0.2) is 0 Å². The molecule has 1 rings (SSSR count). The van der Waals surface area contributed by atoms with E-state index >= 15 is 0 Å². The summed E-state index contributed by atoms with van der Waals surface area (Å²) in [6, 6.07) is 0. The van der Waals surface area contributed by atoms with Crippen LogP contribution in [-0.2, 0) is 9.59 Å². The molecule has 6 nitrogen and oxygen atoms in total. The second-order valence-electron chi connectivity index (χ2n) is 5.02. The van der Waals surface area contributed by atoms with Crippen molar-refractivity contribution in [3.63, 3.8) is 0 Å². The molecule has 0 aromatic heterocycles. The molecular formula is C13H25N3O3. The number of hydrogen-bond acceptors (Lipinski definition) is 4. The minimum Gasteiger partial charge on any atom is -0.481 e. The number of amides is 1. The van der Waals surface area contributed by atoms with Crippen molar-refractivity contribution < 1.29 is 14.7 Å². The van der Waals surface area contributed by atoms with E-state index in [0.717, 1.165) is 13.1 Å². The van der Waals surface area contributed by atoms with Crippen molar-refractivity contribution in [1.29, 1.82) is 0 Å². The van der Waals surface area contributed by atoms with Crippen LogP contribution in [0.2, 0.25) is 0 Å². The first-order valence-electron chi connectivity index (χ1n) is 6.98. The van der Waals surface area contributed by atoms with Gasteiger partial charge in [-0.2, -0.15) is 0 Å². The highest BCUT2D eigenvalue weighted by Gasteiger charge is 2.31. The fourth-order valence-electron chi connectivity index (χ4n) is 2.76. The van der Waals surface area contributed by atoms with Gasteiger partial charge in [-0.3, -0.25) is 19.4 Å². The molecule has 1 unspecified atom stereocenters. The summed E-state index contributed by atoms with van der Waals surface area (Å²) in [6.07, 6.45) is 1.60. The van der Waals surface area contributed by atoms with Crippen LogP contribution in [0.25, 0.3) is 0 Å². The summed E-state index contributed by atoms with van der Waals surface area (Å²) >= 11 is 0. The number of likely N-dealkylation sites (tertiary alicyclic amines) is 1. The molecule has 1 atom stereocenters. The van der Waals surface area contributed by atoms with Crippen LogP contribution in [0, 0.1) is 5.92 Å². The zero-order valence-electron chi connectivity index (χ0n) is 11.8. The van der Waals surface area contributed by atoms with Gasteiger partial charge in [0, 0.05) is 13.1 Å². The minimum atomic E-state index is -0.714. The summed E-state index contributed by atoms with van der Waals surface area (Å²) in [4.78, 5) is 26.6. The highest BCUT2D eigenvalue weighted by Crippen LogP contribution is 2.21. The third-order valence-electron chi connectivity index (χ3n) is 3.92. The summed E-state index contributed by atoms with van der Waals surface area (Å²) in [7, 11) is 0. The SMILES string of the molecule is CCN(CC)C(CC(N)=O)N1CCC(C(=O)O)CC1. The number of carboxylic acids is 1. The van der Waals surface area contributed by atoms with E-state index in [4.69, 9.17) is 10.8 Å². The lowest BCUT2D eigenvalue weighted by atomic mass is 9.96. The fraction of sp³-hybridized carbons (Fsp3) is 0.846. The Morgan fingerprint density at radius 1 is 1.32 bits per heavy atom. The molecule has 0 aliphatic carbocycles. The molecule has 19 heavy (non-hydrogen) atoms. The monoisotopic (exact) mass is 271 g/mol. The predicted molar refractivity (Wildman–Crippen MR) is 72.5 cm³/mol. The number of hydrogen-bond donors (Lipinski definition) is 2. The molecule has 110 valence electrons. The Hall–Kier alpha value is -1.14. The van der Waals surface area contributed by atoms with E-state index in [2.05, 4.69) is 23.6 Å². The van der Waals surface area contributed by atoms with Crippen molar-refractivity contribution >= 4 is 11.9 Å². The van der Waals surface area contributed by atoms with E-state index in [-0.39, 0.29) is 18.0 Å². The lowest BCUT2D eigenvalue weighted by Gasteiger charge is -2.41. The fourth-order valence-corrected chi connectivity index (χ4v) is 2.76. The van der Waals surface area contributed by atoms with Gasteiger partial charge in [0.05, 0.1) is 18.5 Å². The molecule has 6 heteroatoms. The van der Waals surface area contributed by atoms with E-state index in [0.29, 0.717) is 32.4 Å². The van der Waals surface area contributed by atoms with Gasteiger partial charge in [0.25, 0.3) is 0 Å². The van der Waals surface area contributed by atoms with E-state index in [1.54, 1.807) is 0 Å². The quantitative estimate of drug-likeness (QED) is 0.696. The Balaban J connectivity index is 2.66. The molecule has 3 N–H and O–H groups in total. The van der Waals surface area contributed by atoms with Crippen molar-refractivity contribution in [2.75, 3.05) is 26.2 Å². The molecule has 1 aliphatic rings. The van der Waals surface area contributed by atoms with Crippen LogP contribution in [-0.4, -0.2) is 59.1 Å². The van der Waals surface area contributed by atoms with E-state index in [1.165, 1.54) is 0 Å². The summed E-state index contributed by atoms with van der Waals surface area (Å²) in [5, 5.41) is 9.01. The van der Waals surface area contributed by atoms with Crippen molar-refractivity contribution in [3.05, 3.63) is 0 Å². The number of primary amides is 1. The number of piperidine rings is 1. The molecule has 0 aromatic rings. The number of carboxylic acid groups (broad SMARTS) is 1. The standard InChI is InChI=1S/C13H25N3O3/c1-3-15(4-2)12(9-11(14)17)16-7-5-10(6-8-16)13(18)19/h10,12H,3-9H2,1-2H3,(H2,14,17)(H,18,19). The normalized spacial score (nSPS) is 19.5. The van der Waals surface area contributed by atoms with Crippen LogP contribution in [0.4, 0.5) is 0 Å². The second-order valence-corrected chi connectivity index (χ2v) is 5.02. The van der Waals surface area contributed by atoms with Gasteiger partial charge in [-0.05, 0) is 25.9 Å². The van der Waals surface area contributed by atoms with Crippen LogP contribution in [0.3, 0.4) is 0 Å². The van der Waals surface area contributed by atoms with Crippen LogP contribution >= 0.6 is 0 Å². The first kappa shape index (κ1) is 15.9. The molecule has 0 spiro atoms. The van der Waals surface area contributed by atoms with Crippen LogP contribution < -0.4 is 5.73 Å². The Kier molecular flexibility index (Phi) is 6.24. The van der Waals surface area contributed by atoms with Crippen molar-refractivity contribution in [2.45, 2.75) is 39.3 Å². The number of nitrogens with two attached hydrogens (primary N) is 1. The molecular weight excluding hydrogens is 246 g/mol. The van der Waals surface area contributed by atoms with Crippen molar-refractivity contribution in [3.8, 4) is 0 Å². The van der Waals surface area contributed by atoms with Gasteiger partial charge in [0.2, 0.25) is 5.91 Å². The maximum absolute atomic E-state index is 11.2. The molecule has 1 aliphatic heterocycles. The molecule has 0 aromatic carbocycles. The van der Waals surface area contributed by atoms with Crippen molar-refractivity contribution in [1.82, 2.24) is 9.80 Å². The molecule has 1 saturated heterocycles. The van der Waals surface area contributed by atoms with E-state index < -0.39 is 5.97 Å². The van der Waals surface area contributed by atoms with E-state index in [9.17, 15) is 9.59 Å². The average Bonchev–Trinajstić information content (AvgIpc) is 2.38. The van der Waals surface area contributed by atoms with Gasteiger partial charge in [0.15, 0.2) is 0 Å². The molecule has 1 heterocycles. The lowest BCUT2D eigenvalue weighted by Crippen LogP contribution is -2.53. The Morgan fingerprint density at radius 2 is 1.84 bits per heavy atom. The van der Waals surface area contributed by atoms with Gasteiger partial charge in [-0.1, -0.05) is 13.8 Å². The average molecular weight is 271 g/mol. The summed E-state index contributed by atoms with van der Waals surface area (Å²) in [5.74, 6) is -1.27. The predicted octanol–water partition coefficient (Wildman–Crippen LogP) is 0.326. The molecule has 0 radical (unpaired) electrons. The number of carbonyl (C=O) groups is 2. The number of aliphatic carboxylic acids is 1. The van der Waals surface area contributed by atoms with Crippen LogP contribution in [0.1, 0.15) is 33.1 Å². The molecule has 1 amide bonds. The summed E-state index contributed by atoms with van der Waals surface area (Å²) in [5.41, 5.74) is 5.34. The molecule has 1 fully saturated rings. The third kappa shape index (κ3) is 4.47. The third-order valence-corrected chi connectivity index (χ3v) is 3.92. The topological polar surface area (TPSA) is 86.9 Å². The second kappa shape index (κ2) is 7.45. The Labute approximate surface area is 114 Å². The lowest BCUT2D eigenvalue weighted by molar-refractivity contribution is -0.144. The van der Waals surface area contributed by atoms with Gasteiger partial charge in [-0.25, -0.2) is 0 Å². The maximum atomic E-state index is 11.2. The zero-order chi connectivity index (χ0) is 14.4. The maximum Gasteiger partial charge on any atom is 0.306 e. The number of nitrogens with zero attached hydrogens (tertiary/aromatic N) is 2. The van der Waals surface area contributed by atoms with Gasteiger partial charge < -0.3 is 10.8 Å². The summed E-state index contributed by atoms with van der Waals surface area (Å²) < 4.78 is 0.